The summed E-state index contributed by atoms with van der Waals surface area (Å²) in [5, 5.41) is 0.484. The van der Waals surface area contributed by atoms with E-state index < -0.39 is 6.43 Å². The summed E-state index contributed by atoms with van der Waals surface area (Å²) in [6.07, 6.45) is -1.07. The van der Waals surface area contributed by atoms with Crippen LogP contribution in [-0.2, 0) is 5.33 Å². The van der Waals surface area contributed by atoms with E-state index in [0.717, 1.165) is 0 Å². The Bertz CT molecular complexity index is 320. The Kier molecular flexibility index (Phi) is 4.50. The number of nitrogens with zero attached hydrogens (tertiary/aromatic N) is 1. The number of rotatable bonds is 2. The lowest BCUT2D eigenvalue weighted by molar-refractivity contribution is 0.149. The fourth-order valence-electron chi connectivity index (χ4n) is 0.814. The molecular formula is C7H4Br2F2IN. The van der Waals surface area contributed by atoms with E-state index in [1.54, 1.807) is 0 Å². The molecule has 0 atom stereocenters. The average Bonchev–Trinajstić information content (AvgIpc) is 2.04. The van der Waals surface area contributed by atoms with E-state index in [0.29, 0.717) is 19.1 Å². The van der Waals surface area contributed by atoms with Gasteiger partial charge >= 0.3 is 0 Å². The second-order valence-corrected chi connectivity index (χ2v) is 4.71. The van der Waals surface area contributed by atoms with Gasteiger partial charge in [0, 0.05) is 25.1 Å². The molecule has 0 spiro atoms. The Morgan fingerprint density at radius 1 is 1.54 bits per heavy atom. The van der Waals surface area contributed by atoms with Crippen LogP contribution in [0.5, 0.6) is 0 Å². The van der Waals surface area contributed by atoms with Gasteiger partial charge in [0.25, 0.3) is 6.43 Å². The fourth-order valence-corrected chi connectivity index (χ4v) is 3.46. The third kappa shape index (κ3) is 2.59. The van der Waals surface area contributed by atoms with Crippen LogP contribution in [0.15, 0.2) is 10.7 Å². The highest BCUT2D eigenvalue weighted by molar-refractivity contribution is 14.1. The monoisotopic (exact) mass is 425 g/mol. The Morgan fingerprint density at radius 2 is 2.15 bits per heavy atom. The third-order valence-electron chi connectivity index (χ3n) is 1.43. The summed E-state index contributed by atoms with van der Waals surface area (Å²) in [7, 11) is 0. The van der Waals surface area contributed by atoms with Crippen molar-refractivity contribution in [2.24, 2.45) is 0 Å². The van der Waals surface area contributed by atoms with Crippen LogP contribution in [-0.4, -0.2) is 4.98 Å². The van der Waals surface area contributed by atoms with Crippen LogP contribution in [0.2, 0.25) is 0 Å². The maximum atomic E-state index is 12.5. The van der Waals surface area contributed by atoms with Crippen molar-refractivity contribution in [3.63, 3.8) is 0 Å². The molecule has 1 heterocycles. The number of pyridine rings is 1. The van der Waals surface area contributed by atoms with Crippen molar-refractivity contribution < 1.29 is 8.78 Å². The van der Waals surface area contributed by atoms with Crippen LogP contribution in [0.4, 0.5) is 8.78 Å². The summed E-state index contributed by atoms with van der Waals surface area (Å²) in [4.78, 5) is 4.00. The van der Waals surface area contributed by atoms with Gasteiger partial charge in [-0.25, -0.2) is 8.78 Å². The lowest BCUT2D eigenvalue weighted by Crippen LogP contribution is -1.98. The van der Waals surface area contributed by atoms with Crippen molar-refractivity contribution in [3.8, 4) is 0 Å². The van der Waals surface area contributed by atoms with Crippen molar-refractivity contribution >= 4 is 54.5 Å². The van der Waals surface area contributed by atoms with Crippen LogP contribution >= 0.6 is 54.5 Å². The first-order valence-corrected chi connectivity index (χ1v) is 6.24. The molecule has 0 aromatic carbocycles. The van der Waals surface area contributed by atoms with E-state index in [-0.39, 0.29) is 5.56 Å². The van der Waals surface area contributed by atoms with Gasteiger partial charge in [-0.1, -0.05) is 15.9 Å². The first-order chi connectivity index (χ1) is 6.07. The first kappa shape index (κ1) is 11.8. The molecule has 1 rings (SSSR count). The van der Waals surface area contributed by atoms with Gasteiger partial charge in [-0.3, -0.25) is 4.98 Å². The van der Waals surface area contributed by atoms with Gasteiger partial charge in [0.2, 0.25) is 0 Å². The van der Waals surface area contributed by atoms with Gasteiger partial charge in [-0.05, 0) is 38.5 Å². The Hall–Kier alpha value is 0.700. The molecule has 0 aliphatic rings. The molecular weight excluding hydrogens is 423 g/mol. The number of hydrogen-bond donors (Lipinski definition) is 0. The molecule has 1 aromatic rings. The van der Waals surface area contributed by atoms with Crippen LogP contribution < -0.4 is 0 Å². The Morgan fingerprint density at radius 3 is 2.62 bits per heavy atom. The molecule has 72 valence electrons. The Labute approximate surface area is 105 Å². The summed E-state index contributed by atoms with van der Waals surface area (Å²) >= 11 is 8.12. The lowest BCUT2D eigenvalue weighted by atomic mass is 10.2. The summed E-state index contributed by atoms with van der Waals surface area (Å²) in [6, 6.07) is 0. The molecule has 0 unspecified atom stereocenters. The van der Waals surface area contributed by atoms with Crippen molar-refractivity contribution in [2.75, 3.05) is 0 Å². The standard InChI is InChI=1S/C7H4Br2F2IN/c8-1-4-6(12)5(7(10)11)3(9)2-13-4/h2,7H,1H2. The van der Waals surface area contributed by atoms with Gasteiger partial charge in [0.15, 0.2) is 0 Å². The van der Waals surface area contributed by atoms with E-state index in [2.05, 4.69) is 36.8 Å². The second kappa shape index (κ2) is 4.97. The quantitative estimate of drug-likeness (QED) is 0.508. The number of aromatic nitrogens is 1. The molecule has 0 aliphatic heterocycles. The summed E-state index contributed by atoms with van der Waals surface area (Å²) in [6.45, 7) is 0. The smallest absolute Gasteiger partial charge is 0.258 e. The molecule has 1 nitrogen and oxygen atoms in total. The van der Waals surface area contributed by atoms with Crippen LogP contribution in [0.1, 0.15) is 17.7 Å². The zero-order valence-electron chi connectivity index (χ0n) is 6.20. The van der Waals surface area contributed by atoms with Gasteiger partial charge < -0.3 is 0 Å². The van der Waals surface area contributed by atoms with Crippen molar-refractivity contribution in [2.45, 2.75) is 11.8 Å². The van der Waals surface area contributed by atoms with Crippen molar-refractivity contribution in [1.29, 1.82) is 0 Å². The first-order valence-electron chi connectivity index (χ1n) is 3.24. The molecule has 6 heteroatoms. The van der Waals surface area contributed by atoms with Crippen molar-refractivity contribution in [3.05, 3.63) is 25.5 Å². The van der Waals surface area contributed by atoms with E-state index >= 15 is 0 Å². The maximum Gasteiger partial charge on any atom is 0.266 e. The highest BCUT2D eigenvalue weighted by atomic mass is 127. The van der Waals surface area contributed by atoms with Gasteiger partial charge in [0.1, 0.15) is 0 Å². The SMILES string of the molecule is FC(F)c1c(Br)cnc(CBr)c1I. The molecule has 0 fully saturated rings. The van der Waals surface area contributed by atoms with Crippen LogP contribution in [0.25, 0.3) is 0 Å². The highest BCUT2D eigenvalue weighted by Gasteiger charge is 2.18. The zero-order chi connectivity index (χ0) is 10.0. The molecule has 0 saturated heterocycles. The maximum absolute atomic E-state index is 12.5. The van der Waals surface area contributed by atoms with E-state index in [1.165, 1.54) is 6.20 Å². The fraction of sp³-hybridized carbons (Fsp3) is 0.286. The lowest BCUT2D eigenvalue weighted by Gasteiger charge is -2.08. The minimum atomic E-state index is -2.47. The van der Waals surface area contributed by atoms with Crippen molar-refractivity contribution in [1.82, 2.24) is 4.98 Å². The van der Waals surface area contributed by atoms with Gasteiger partial charge in [0.05, 0.1) is 5.69 Å². The number of halogens is 5. The molecule has 0 radical (unpaired) electrons. The molecule has 0 amide bonds. The topological polar surface area (TPSA) is 12.9 Å². The van der Waals surface area contributed by atoms with E-state index in [9.17, 15) is 8.78 Å². The van der Waals surface area contributed by atoms with Crippen LogP contribution in [0, 0.1) is 3.57 Å². The summed E-state index contributed by atoms with van der Waals surface area (Å²) in [5.74, 6) is 0. The minimum absolute atomic E-state index is 0.0186. The Balaban J connectivity index is 3.30. The molecule has 0 bridgehead atoms. The average molecular weight is 427 g/mol. The predicted octanol–water partition coefficient (Wildman–Crippen LogP) is 4.28. The van der Waals surface area contributed by atoms with Gasteiger partial charge in [-0.2, -0.15) is 0 Å². The predicted molar refractivity (Wildman–Crippen MR) is 62.2 cm³/mol. The molecule has 13 heavy (non-hydrogen) atoms. The number of alkyl halides is 3. The van der Waals surface area contributed by atoms with Crippen LogP contribution in [0.3, 0.4) is 0 Å². The normalized spacial score (nSPS) is 10.9. The number of hydrogen-bond acceptors (Lipinski definition) is 1. The molecule has 0 N–H and O–H groups in total. The summed E-state index contributed by atoms with van der Waals surface area (Å²) < 4.78 is 25.9. The minimum Gasteiger partial charge on any atom is -0.258 e. The zero-order valence-corrected chi connectivity index (χ0v) is 11.5. The largest absolute Gasteiger partial charge is 0.266 e. The molecule has 1 aromatic heterocycles. The van der Waals surface area contributed by atoms with Gasteiger partial charge in [-0.15, -0.1) is 0 Å². The second-order valence-electron chi connectivity index (χ2n) is 2.21. The molecule has 0 saturated carbocycles. The van der Waals surface area contributed by atoms with E-state index in [1.807, 2.05) is 22.6 Å². The highest BCUT2D eigenvalue weighted by Crippen LogP contribution is 2.32. The summed E-state index contributed by atoms with van der Waals surface area (Å²) in [5.41, 5.74) is 0.657. The van der Waals surface area contributed by atoms with E-state index in [4.69, 9.17) is 0 Å². The third-order valence-corrected chi connectivity index (χ3v) is 3.79. The molecule has 0 aliphatic carbocycles.